The smallest absolute Gasteiger partial charge is 0.345 e. The maximum atomic E-state index is 11.3. The van der Waals surface area contributed by atoms with Crippen molar-refractivity contribution in [2.24, 2.45) is 0 Å². The van der Waals surface area contributed by atoms with Crippen LogP contribution in [-0.4, -0.2) is 40.8 Å². The lowest BCUT2D eigenvalue weighted by Gasteiger charge is -2.43. The highest BCUT2D eigenvalue weighted by Crippen LogP contribution is 2.45. The quantitative estimate of drug-likeness (QED) is 0.901. The summed E-state index contributed by atoms with van der Waals surface area (Å²) < 4.78 is 11.6. The summed E-state index contributed by atoms with van der Waals surface area (Å²) in [5.74, 6) is 0.0615. The maximum absolute atomic E-state index is 11.3. The number of carbonyl (C=O) groups is 1. The van der Waals surface area contributed by atoms with Crippen LogP contribution >= 0.6 is 11.3 Å². The molecule has 0 unspecified atom stereocenters. The summed E-state index contributed by atoms with van der Waals surface area (Å²) in [4.78, 5) is 15.2. The molecule has 6 nitrogen and oxygen atoms in total. The fourth-order valence-corrected chi connectivity index (χ4v) is 5.04. The fourth-order valence-electron chi connectivity index (χ4n) is 3.79. The Morgan fingerprint density at radius 2 is 2.20 bits per heavy atom. The predicted octanol–water partition coefficient (Wildman–Crippen LogP) is 3.06. The molecule has 7 heteroatoms. The number of fused-ring (bicyclic) bond motifs is 2. The van der Waals surface area contributed by atoms with E-state index in [0.29, 0.717) is 11.5 Å². The van der Waals surface area contributed by atoms with Gasteiger partial charge in [0, 0.05) is 24.0 Å². The van der Waals surface area contributed by atoms with Crippen molar-refractivity contribution in [3.63, 3.8) is 0 Å². The molecule has 0 atom stereocenters. The number of hydrogen-bond acceptors (Lipinski definition) is 6. The number of ether oxygens (including phenoxy) is 1. The van der Waals surface area contributed by atoms with Gasteiger partial charge in [-0.1, -0.05) is 12.1 Å². The van der Waals surface area contributed by atoms with E-state index in [1.165, 1.54) is 11.3 Å². The third kappa shape index (κ3) is 3.12. The van der Waals surface area contributed by atoms with E-state index in [2.05, 4.69) is 17.0 Å². The number of aromatic carboxylic acids is 1. The standard InChI is InChI=1S/C18H22N2O4S/c1-2-13-10-14(24-19-13)11-20-6-4-18(5-7-20)16-12(3-8-23-18)9-15(25-16)17(21)22/h9-10H,2-8,11H2,1H3,(H,21,22). The van der Waals surface area contributed by atoms with Crippen LogP contribution < -0.4 is 0 Å². The zero-order valence-corrected chi connectivity index (χ0v) is 15.1. The topological polar surface area (TPSA) is 75.8 Å². The Kier molecular flexibility index (Phi) is 4.39. The van der Waals surface area contributed by atoms with Crippen LogP contribution in [0.4, 0.5) is 0 Å². The average molecular weight is 362 g/mol. The minimum atomic E-state index is -0.843. The van der Waals surface area contributed by atoms with Crippen LogP contribution in [0.3, 0.4) is 0 Å². The molecule has 134 valence electrons. The Labute approximate surface area is 150 Å². The number of hydrogen-bond donors (Lipinski definition) is 1. The van der Waals surface area contributed by atoms with Gasteiger partial charge in [-0.2, -0.15) is 0 Å². The first-order valence-electron chi connectivity index (χ1n) is 8.77. The highest BCUT2D eigenvalue weighted by Gasteiger charge is 2.42. The summed E-state index contributed by atoms with van der Waals surface area (Å²) >= 11 is 1.39. The summed E-state index contributed by atoms with van der Waals surface area (Å²) in [6.45, 7) is 5.31. The number of piperidine rings is 1. The summed E-state index contributed by atoms with van der Waals surface area (Å²) in [7, 11) is 0. The van der Waals surface area contributed by atoms with Gasteiger partial charge in [0.1, 0.15) is 10.5 Å². The molecule has 0 amide bonds. The van der Waals surface area contributed by atoms with Crippen LogP contribution in [0.25, 0.3) is 0 Å². The summed E-state index contributed by atoms with van der Waals surface area (Å²) in [5, 5.41) is 13.3. The lowest BCUT2D eigenvalue weighted by atomic mass is 9.85. The normalized spacial score (nSPS) is 19.9. The van der Waals surface area contributed by atoms with Crippen LogP contribution in [-0.2, 0) is 29.7 Å². The molecular formula is C18H22N2O4S. The predicted molar refractivity (Wildman–Crippen MR) is 93.0 cm³/mol. The minimum absolute atomic E-state index is 0.307. The van der Waals surface area contributed by atoms with E-state index < -0.39 is 5.97 Å². The summed E-state index contributed by atoms with van der Waals surface area (Å²) in [6.07, 6.45) is 3.46. The molecule has 0 aromatic carbocycles. The minimum Gasteiger partial charge on any atom is -0.477 e. The van der Waals surface area contributed by atoms with Crippen LogP contribution in [0, 0.1) is 0 Å². The van der Waals surface area contributed by atoms with Gasteiger partial charge < -0.3 is 14.4 Å². The van der Waals surface area contributed by atoms with E-state index in [-0.39, 0.29) is 5.60 Å². The van der Waals surface area contributed by atoms with Gasteiger partial charge in [0.15, 0.2) is 5.76 Å². The van der Waals surface area contributed by atoms with Crippen LogP contribution in [0.15, 0.2) is 16.7 Å². The number of thiophene rings is 1. The number of aryl methyl sites for hydroxylation is 1. The van der Waals surface area contributed by atoms with E-state index in [4.69, 9.17) is 9.26 Å². The fraction of sp³-hybridized carbons (Fsp3) is 0.556. The first-order chi connectivity index (χ1) is 12.1. The second-order valence-corrected chi connectivity index (χ2v) is 7.83. The van der Waals surface area contributed by atoms with Crippen LogP contribution in [0.5, 0.6) is 0 Å². The molecule has 1 saturated heterocycles. The number of carboxylic acids is 1. The lowest BCUT2D eigenvalue weighted by Crippen LogP contribution is -2.45. The molecule has 2 aromatic rings. The van der Waals surface area contributed by atoms with Crippen molar-refractivity contribution in [3.8, 4) is 0 Å². The highest BCUT2D eigenvalue weighted by atomic mass is 32.1. The number of nitrogens with zero attached hydrogens (tertiary/aromatic N) is 2. The van der Waals surface area contributed by atoms with Crippen molar-refractivity contribution in [3.05, 3.63) is 38.9 Å². The molecule has 0 radical (unpaired) electrons. The van der Waals surface area contributed by atoms with E-state index in [9.17, 15) is 9.90 Å². The molecule has 2 aliphatic rings. The first kappa shape index (κ1) is 16.8. The van der Waals surface area contributed by atoms with Gasteiger partial charge >= 0.3 is 5.97 Å². The molecule has 4 rings (SSSR count). The molecule has 0 saturated carbocycles. The number of rotatable bonds is 4. The Morgan fingerprint density at radius 1 is 1.40 bits per heavy atom. The molecule has 2 aromatic heterocycles. The number of likely N-dealkylation sites (tertiary alicyclic amines) is 1. The van der Waals surface area contributed by atoms with Crippen molar-refractivity contribution < 1.29 is 19.2 Å². The monoisotopic (exact) mass is 362 g/mol. The van der Waals surface area contributed by atoms with Gasteiger partial charge in [-0.25, -0.2) is 4.79 Å². The van der Waals surface area contributed by atoms with Gasteiger partial charge in [0.25, 0.3) is 0 Å². The van der Waals surface area contributed by atoms with Crippen molar-refractivity contribution >= 4 is 17.3 Å². The SMILES string of the molecule is CCc1cc(CN2CCC3(CC2)OCCc2cc(C(=O)O)sc23)on1. The Morgan fingerprint density at radius 3 is 2.88 bits per heavy atom. The largest absolute Gasteiger partial charge is 0.477 e. The Bertz CT molecular complexity index is 774. The Hall–Kier alpha value is -1.70. The zero-order valence-electron chi connectivity index (χ0n) is 14.3. The first-order valence-corrected chi connectivity index (χ1v) is 9.58. The molecular weight excluding hydrogens is 340 g/mol. The van der Waals surface area contributed by atoms with E-state index in [1.54, 1.807) is 0 Å². The second-order valence-electron chi connectivity index (χ2n) is 6.78. The van der Waals surface area contributed by atoms with Crippen LogP contribution in [0.1, 0.15) is 51.3 Å². The molecule has 0 aliphatic carbocycles. The molecule has 0 bridgehead atoms. The van der Waals surface area contributed by atoms with Gasteiger partial charge in [-0.05, 0) is 37.3 Å². The second kappa shape index (κ2) is 6.55. The van der Waals surface area contributed by atoms with Gasteiger partial charge in [0.05, 0.1) is 18.8 Å². The molecule has 1 fully saturated rings. The summed E-state index contributed by atoms with van der Waals surface area (Å²) in [6, 6.07) is 3.86. The van der Waals surface area contributed by atoms with Gasteiger partial charge in [-0.15, -0.1) is 11.3 Å². The van der Waals surface area contributed by atoms with E-state index in [1.807, 2.05) is 12.1 Å². The molecule has 1 N–H and O–H groups in total. The number of aromatic nitrogens is 1. The maximum Gasteiger partial charge on any atom is 0.345 e. The molecule has 2 aliphatic heterocycles. The summed E-state index contributed by atoms with van der Waals surface area (Å²) in [5.41, 5.74) is 1.84. The van der Waals surface area contributed by atoms with E-state index >= 15 is 0 Å². The Balaban J connectivity index is 1.47. The zero-order chi connectivity index (χ0) is 17.4. The molecule has 1 spiro atoms. The average Bonchev–Trinajstić information content (AvgIpc) is 3.24. The van der Waals surface area contributed by atoms with Crippen LogP contribution in [0.2, 0.25) is 0 Å². The third-order valence-corrected chi connectivity index (χ3v) is 6.55. The van der Waals surface area contributed by atoms with Gasteiger partial charge in [-0.3, -0.25) is 4.90 Å². The third-order valence-electron chi connectivity index (χ3n) is 5.20. The number of carboxylic acid groups (broad SMARTS) is 1. The molecule has 4 heterocycles. The van der Waals surface area contributed by atoms with Crippen molar-refractivity contribution in [1.29, 1.82) is 0 Å². The van der Waals surface area contributed by atoms with Crippen molar-refractivity contribution in [2.45, 2.75) is 44.8 Å². The van der Waals surface area contributed by atoms with Crippen molar-refractivity contribution in [1.82, 2.24) is 10.1 Å². The molecule has 25 heavy (non-hydrogen) atoms. The van der Waals surface area contributed by atoms with Crippen molar-refractivity contribution in [2.75, 3.05) is 19.7 Å². The van der Waals surface area contributed by atoms with E-state index in [0.717, 1.165) is 67.2 Å². The lowest BCUT2D eigenvalue weighted by molar-refractivity contribution is -0.0967. The highest BCUT2D eigenvalue weighted by molar-refractivity contribution is 7.14. The van der Waals surface area contributed by atoms with Gasteiger partial charge in [0.2, 0.25) is 0 Å².